The van der Waals surface area contributed by atoms with Crippen LogP contribution in [0.2, 0.25) is 0 Å². The van der Waals surface area contributed by atoms with Gasteiger partial charge in [-0.1, -0.05) is 91.6 Å². The first kappa shape index (κ1) is 43.1. The molecular formula is C51H57N3O8S. The van der Waals surface area contributed by atoms with Crippen molar-refractivity contribution in [1.29, 1.82) is 0 Å². The van der Waals surface area contributed by atoms with Crippen LogP contribution in [-0.4, -0.2) is 58.8 Å². The molecule has 0 amide bonds. The Labute approximate surface area is 370 Å². The van der Waals surface area contributed by atoms with E-state index >= 15 is 0 Å². The molecule has 11 rings (SSSR count). The third-order valence-electron chi connectivity index (χ3n) is 14.6. The minimum absolute atomic E-state index is 0.0739. The lowest BCUT2D eigenvalue weighted by Crippen LogP contribution is -2.40. The summed E-state index contributed by atoms with van der Waals surface area (Å²) in [5, 5.41) is 31.0. The number of benzene rings is 4. The van der Waals surface area contributed by atoms with E-state index in [-0.39, 0.29) is 73.3 Å². The molecule has 11 nitrogen and oxygen atoms in total. The lowest BCUT2D eigenvalue weighted by molar-refractivity contribution is -0.0416. The molecule has 12 heteroatoms. The van der Waals surface area contributed by atoms with Gasteiger partial charge in [0.25, 0.3) is 10.1 Å². The maximum Gasteiger partial charge on any atom is 0.268 e. The summed E-state index contributed by atoms with van der Waals surface area (Å²) in [5.41, 5.74) is 18.0. The molecule has 1 saturated heterocycles. The summed E-state index contributed by atoms with van der Waals surface area (Å²) < 4.78 is 53.9. The minimum atomic E-state index is -4.65. The number of fused-ring (bicyclic) bond motifs is 9. The summed E-state index contributed by atoms with van der Waals surface area (Å²) in [7, 11) is -4.65. The Kier molecular flexibility index (Phi) is 11.9. The number of guanidine groups is 1. The van der Waals surface area contributed by atoms with Crippen LogP contribution in [0.25, 0.3) is 0 Å². The van der Waals surface area contributed by atoms with Crippen molar-refractivity contribution in [2.75, 3.05) is 13.2 Å². The summed E-state index contributed by atoms with van der Waals surface area (Å²) >= 11 is 0. The van der Waals surface area contributed by atoms with Gasteiger partial charge < -0.3 is 36.3 Å². The number of phenolic OH excluding ortho intramolecular Hbond substituents is 1. The number of allylic oxidation sites excluding steroid dienone is 1. The van der Waals surface area contributed by atoms with E-state index in [0.717, 1.165) is 46.2 Å². The number of nitrogens with two attached hydrogens (primary N) is 2. The quantitative estimate of drug-likeness (QED) is 0.0352. The SMILES string of the molecule is CC1CCc2cc3ccc2C1CC(S(=O)(=O)O)C1C=C2CC(CC4OC2c2ccc(O)cc2C#CCC4CO)C1c1ccc(cc1)C(CC(CO)Cc1ccccc1)(N=C(N)N)O3. The zero-order valence-corrected chi connectivity index (χ0v) is 36.3. The molecule has 330 valence electrons. The maximum absolute atomic E-state index is 14.1. The molecule has 7 aliphatic rings. The summed E-state index contributed by atoms with van der Waals surface area (Å²) in [6, 6.07) is 28.8. The van der Waals surface area contributed by atoms with Crippen LogP contribution in [0.3, 0.4) is 0 Å². The van der Waals surface area contributed by atoms with Gasteiger partial charge in [-0.3, -0.25) is 4.55 Å². The predicted molar refractivity (Wildman–Crippen MR) is 241 cm³/mol. The van der Waals surface area contributed by atoms with Gasteiger partial charge in [-0.15, -0.1) is 0 Å². The van der Waals surface area contributed by atoms with Crippen molar-refractivity contribution in [1.82, 2.24) is 0 Å². The number of aliphatic hydroxyl groups is 2. The fraction of sp³-hybridized carbons (Fsp3) is 0.431. The molecule has 11 atom stereocenters. The van der Waals surface area contributed by atoms with Gasteiger partial charge in [0.2, 0.25) is 5.72 Å². The third kappa shape index (κ3) is 8.62. The molecule has 8 N–H and O–H groups in total. The van der Waals surface area contributed by atoms with Crippen molar-refractivity contribution in [2.24, 2.45) is 46.0 Å². The van der Waals surface area contributed by atoms with Crippen LogP contribution in [0, 0.1) is 41.4 Å². The number of nitrogens with zero attached hydrogens (tertiary/aromatic N) is 1. The highest BCUT2D eigenvalue weighted by molar-refractivity contribution is 7.86. The topological polar surface area (TPSA) is 198 Å². The highest BCUT2D eigenvalue weighted by Crippen LogP contribution is 2.55. The summed E-state index contributed by atoms with van der Waals surface area (Å²) in [6.45, 7) is 1.86. The van der Waals surface area contributed by atoms with Crippen LogP contribution in [0.1, 0.15) is 102 Å². The number of phenols is 1. The van der Waals surface area contributed by atoms with E-state index in [1.54, 1.807) is 12.1 Å². The molecule has 4 aromatic carbocycles. The third-order valence-corrected chi connectivity index (χ3v) is 15.9. The van der Waals surface area contributed by atoms with Gasteiger partial charge in [0.05, 0.1) is 11.4 Å². The Morgan fingerprint density at radius 1 is 0.984 bits per heavy atom. The van der Waals surface area contributed by atoms with E-state index in [0.29, 0.717) is 42.6 Å². The number of ether oxygens (including phenoxy) is 2. The highest BCUT2D eigenvalue weighted by atomic mass is 32.2. The van der Waals surface area contributed by atoms with Gasteiger partial charge in [0.1, 0.15) is 17.6 Å². The molecule has 5 heterocycles. The van der Waals surface area contributed by atoms with Gasteiger partial charge >= 0.3 is 0 Å². The Bertz CT molecular complexity index is 2570. The Morgan fingerprint density at radius 3 is 2.49 bits per heavy atom. The number of rotatable bonds is 8. The van der Waals surface area contributed by atoms with E-state index in [1.807, 2.05) is 84.9 Å². The normalized spacial score (nSPS) is 30.1. The van der Waals surface area contributed by atoms with Gasteiger partial charge in [0, 0.05) is 54.6 Å². The van der Waals surface area contributed by atoms with E-state index in [9.17, 15) is 28.3 Å². The Morgan fingerprint density at radius 2 is 1.76 bits per heavy atom. The number of hydrogen-bond acceptors (Lipinski definition) is 8. The lowest BCUT2D eigenvalue weighted by Gasteiger charge is -2.42. The van der Waals surface area contributed by atoms with Crippen LogP contribution in [-0.2, 0) is 33.4 Å². The lowest BCUT2D eigenvalue weighted by atomic mass is 9.64. The van der Waals surface area contributed by atoms with Crippen LogP contribution in [0.5, 0.6) is 11.5 Å². The van der Waals surface area contributed by atoms with Gasteiger partial charge in [-0.2, -0.15) is 8.42 Å². The van der Waals surface area contributed by atoms with Crippen LogP contribution < -0.4 is 16.2 Å². The standard InChI is InChI=1S/C51H57N3O8S/c1-30-10-11-35-23-41-17-19-42(35)44(30)26-47(63(58,59)60)45-24-38-21-37(25-46-36(29-56)9-5-8-34-22-40(57)16-18-43(34)49(38)61-46)48(45)33-12-14-39(15-13-33)51(62-41,54-50(52)53)27-32(28-55)20-31-6-3-2-4-7-31/h2-4,6-7,12-19,22-24,30,32,36-37,44-49,55-57H,9-11,20-21,25-29H2,1H3,(H4,52,53,54)(H,58,59,60). The van der Waals surface area contributed by atoms with E-state index in [4.69, 9.17) is 25.9 Å². The van der Waals surface area contributed by atoms with Crippen molar-refractivity contribution in [3.63, 3.8) is 0 Å². The predicted octanol–water partition coefficient (Wildman–Crippen LogP) is 7.00. The second-order valence-corrected chi connectivity index (χ2v) is 20.2. The molecule has 0 spiro atoms. The first-order chi connectivity index (χ1) is 30.3. The number of hydrogen-bond donors (Lipinski definition) is 6. The van der Waals surface area contributed by atoms with Gasteiger partial charge in [0.15, 0.2) is 5.96 Å². The highest BCUT2D eigenvalue weighted by Gasteiger charge is 2.49. The average Bonchev–Trinajstić information content (AvgIpc) is 3.35. The number of aromatic hydroxyl groups is 1. The molecule has 10 bridgehead atoms. The summed E-state index contributed by atoms with van der Waals surface area (Å²) in [4.78, 5) is 4.87. The van der Waals surface area contributed by atoms with Crippen LogP contribution in [0.4, 0.5) is 0 Å². The molecule has 1 fully saturated rings. The summed E-state index contributed by atoms with van der Waals surface area (Å²) in [5.74, 6) is 5.00. The molecule has 2 aliphatic carbocycles. The Balaban J connectivity index is 1.25. The fourth-order valence-corrected chi connectivity index (χ4v) is 12.6. The number of aryl methyl sites for hydroxylation is 1. The molecule has 0 aromatic heterocycles. The molecular weight excluding hydrogens is 815 g/mol. The second-order valence-electron chi connectivity index (χ2n) is 18.6. The molecule has 4 aromatic rings. The van der Waals surface area contributed by atoms with Crippen molar-refractivity contribution in [3.8, 4) is 23.3 Å². The fourth-order valence-electron chi connectivity index (χ4n) is 11.5. The molecule has 0 saturated carbocycles. The van der Waals surface area contributed by atoms with Gasteiger partial charge in [-0.05, 0) is 120 Å². The second kappa shape index (κ2) is 17.4. The first-order valence-electron chi connectivity index (χ1n) is 22.2. The first-order valence-corrected chi connectivity index (χ1v) is 23.8. The average molecular weight is 872 g/mol. The maximum atomic E-state index is 14.1. The van der Waals surface area contributed by atoms with E-state index < -0.39 is 39.2 Å². The zero-order valence-electron chi connectivity index (χ0n) is 35.5. The number of aliphatic imine (C=N–C) groups is 1. The Hall–Kier alpha value is -5.16. The molecule has 63 heavy (non-hydrogen) atoms. The number of aliphatic hydroxyl groups excluding tert-OH is 2. The molecule has 11 unspecified atom stereocenters. The van der Waals surface area contributed by atoms with Crippen molar-refractivity contribution >= 4 is 16.1 Å². The van der Waals surface area contributed by atoms with E-state index in [2.05, 4.69) is 18.8 Å². The molecule has 0 radical (unpaired) electrons. The van der Waals surface area contributed by atoms with Crippen molar-refractivity contribution in [2.45, 2.75) is 93.3 Å². The largest absolute Gasteiger partial charge is 0.508 e. The smallest absolute Gasteiger partial charge is 0.268 e. The van der Waals surface area contributed by atoms with E-state index in [1.165, 1.54) is 0 Å². The molecule has 5 aliphatic heterocycles. The van der Waals surface area contributed by atoms with Crippen molar-refractivity contribution < 1.29 is 37.8 Å². The summed E-state index contributed by atoms with van der Waals surface area (Å²) in [6.07, 6.45) is 5.03. The van der Waals surface area contributed by atoms with Crippen molar-refractivity contribution in [3.05, 3.63) is 142 Å². The van der Waals surface area contributed by atoms with Gasteiger partial charge in [-0.25, -0.2) is 4.99 Å². The zero-order chi connectivity index (χ0) is 44.0. The monoisotopic (exact) mass is 871 g/mol. The van der Waals surface area contributed by atoms with Crippen LogP contribution >= 0.6 is 0 Å². The minimum Gasteiger partial charge on any atom is -0.508 e. The van der Waals surface area contributed by atoms with Crippen LogP contribution in [0.15, 0.2) is 108 Å².